The number of epoxide rings is 1. The molecule has 2 atom stereocenters. The zero-order valence-corrected chi connectivity index (χ0v) is 6.36. The Kier molecular flexibility index (Phi) is 1.06. The molecule has 0 aromatic rings. The quantitative estimate of drug-likeness (QED) is 0.449. The van der Waals surface area contributed by atoms with Crippen molar-refractivity contribution in [2.24, 2.45) is 0 Å². The molecule has 4 heteroatoms. The van der Waals surface area contributed by atoms with Crippen LogP contribution in [-0.4, -0.2) is 16.0 Å². The van der Waals surface area contributed by atoms with Crippen LogP contribution >= 0.6 is 23.2 Å². The van der Waals surface area contributed by atoms with Crippen molar-refractivity contribution < 1.29 is 9.84 Å². The number of hydrogen-bond acceptors (Lipinski definition) is 2. The first-order valence-electron chi connectivity index (χ1n) is 2.75. The van der Waals surface area contributed by atoms with Crippen LogP contribution in [0.25, 0.3) is 0 Å². The fraction of sp³-hybridized carbons (Fsp3) is 0.333. The lowest BCUT2D eigenvalue weighted by atomic mass is 10.1. The molecule has 0 aromatic carbocycles. The van der Waals surface area contributed by atoms with Crippen molar-refractivity contribution in [3.05, 3.63) is 23.3 Å². The zero-order chi connectivity index (χ0) is 7.41. The van der Waals surface area contributed by atoms with Crippen LogP contribution in [0.2, 0.25) is 0 Å². The van der Waals surface area contributed by atoms with Crippen LogP contribution in [0.3, 0.4) is 0 Å². The fourth-order valence-corrected chi connectivity index (χ4v) is 1.41. The third kappa shape index (κ3) is 0.576. The topological polar surface area (TPSA) is 32.8 Å². The van der Waals surface area contributed by atoms with E-state index in [2.05, 4.69) is 0 Å². The molecular formula is C6H4Cl2O2. The molecule has 1 fully saturated rings. The van der Waals surface area contributed by atoms with E-state index in [0.29, 0.717) is 5.03 Å². The third-order valence-electron chi connectivity index (χ3n) is 1.59. The second-order valence-corrected chi connectivity index (χ2v) is 3.21. The number of allylic oxidation sites excluding steroid dienone is 2. The smallest absolute Gasteiger partial charge is 0.238 e. The highest BCUT2D eigenvalue weighted by molar-refractivity contribution is 6.40. The lowest BCUT2D eigenvalue weighted by Gasteiger charge is -2.06. The SMILES string of the molecule is OC12C=CC=C(Cl)C1(Cl)O2. The number of fused-ring (bicyclic) bond motifs is 1. The first-order chi connectivity index (χ1) is 4.58. The lowest BCUT2D eigenvalue weighted by molar-refractivity contribution is 0.0825. The standard InChI is InChI=1S/C6H4Cl2O2/c7-4-2-1-3-5(9)6(4,8)10-5/h1-3,9H. The summed E-state index contributed by atoms with van der Waals surface area (Å²) in [7, 11) is 0. The Hall–Kier alpha value is -0.0200. The van der Waals surface area contributed by atoms with Crippen LogP contribution in [0.5, 0.6) is 0 Å². The van der Waals surface area contributed by atoms with Crippen molar-refractivity contribution in [2.45, 2.75) is 10.8 Å². The third-order valence-corrected chi connectivity index (χ3v) is 2.63. The minimum absolute atomic E-state index is 0.319. The number of alkyl halides is 1. The van der Waals surface area contributed by atoms with Gasteiger partial charge in [0.05, 0.1) is 5.03 Å². The van der Waals surface area contributed by atoms with Crippen molar-refractivity contribution in [3.63, 3.8) is 0 Å². The Morgan fingerprint density at radius 2 is 2.30 bits per heavy atom. The molecular weight excluding hydrogens is 175 g/mol. The molecule has 10 heavy (non-hydrogen) atoms. The molecule has 2 nitrogen and oxygen atoms in total. The Morgan fingerprint density at radius 3 is 2.80 bits per heavy atom. The van der Waals surface area contributed by atoms with Crippen molar-refractivity contribution >= 4 is 23.2 Å². The Bertz CT molecular complexity index is 248. The molecule has 1 aliphatic carbocycles. The molecule has 0 amide bonds. The molecule has 2 rings (SSSR count). The maximum Gasteiger partial charge on any atom is 0.238 e. The van der Waals surface area contributed by atoms with Crippen LogP contribution < -0.4 is 0 Å². The summed E-state index contributed by atoms with van der Waals surface area (Å²) in [5.74, 6) is -1.36. The van der Waals surface area contributed by atoms with E-state index in [9.17, 15) is 5.11 Å². The molecule has 0 spiro atoms. The van der Waals surface area contributed by atoms with Gasteiger partial charge in [-0.05, 0) is 12.2 Å². The lowest BCUT2D eigenvalue weighted by Crippen LogP contribution is -2.20. The van der Waals surface area contributed by atoms with Gasteiger partial charge in [-0.1, -0.05) is 29.3 Å². The molecule has 2 aliphatic rings. The van der Waals surface area contributed by atoms with E-state index in [1.54, 1.807) is 12.2 Å². The normalized spacial score (nSPS) is 50.1. The Balaban J connectivity index is 2.44. The van der Waals surface area contributed by atoms with E-state index in [1.807, 2.05) is 0 Å². The number of ether oxygens (including phenoxy) is 1. The van der Waals surface area contributed by atoms with Gasteiger partial charge in [0.15, 0.2) is 0 Å². The summed E-state index contributed by atoms with van der Waals surface area (Å²) in [6, 6.07) is 0. The molecule has 1 heterocycles. The summed E-state index contributed by atoms with van der Waals surface area (Å²) in [6.07, 6.45) is 4.66. The zero-order valence-electron chi connectivity index (χ0n) is 4.84. The molecule has 1 N–H and O–H groups in total. The summed E-state index contributed by atoms with van der Waals surface area (Å²) in [6.45, 7) is 0. The Morgan fingerprint density at radius 1 is 1.60 bits per heavy atom. The highest BCUT2D eigenvalue weighted by atomic mass is 35.5. The van der Waals surface area contributed by atoms with Gasteiger partial charge < -0.3 is 9.84 Å². The summed E-state index contributed by atoms with van der Waals surface area (Å²) in [5.41, 5.74) is 0. The predicted octanol–water partition coefficient (Wildman–Crippen LogP) is 1.33. The molecule has 0 bridgehead atoms. The molecule has 0 radical (unpaired) electrons. The summed E-state index contributed by atoms with van der Waals surface area (Å²) in [4.78, 5) is 0. The first-order valence-corrected chi connectivity index (χ1v) is 3.51. The second-order valence-electron chi connectivity index (χ2n) is 2.27. The minimum atomic E-state index is -1.36. The van der Waals surface area contributed by atoms with E-state index in [4.69, 9.17) is 27.9 Å². The van der Waals surface area contributed by atoms with Gasteiger partial charge in [-0.3, -0.25) is 0 Å². The van der Waals surface area contributed by atoms with Gasteiger partial charge >= 0.3 is 0 Å². The molecule has 1 aliphatic heterocycles. The van der Waals surface area contributed by atoms with Crippen LogP contribution in [0.15, 0.2) is 23.3 Å². The number of hydrogen-bond donors (Lipinski definition) is 1. The molecule has 0 saturated carbocycles. The monoisotopic (exact) mass is 178 g/mol. The van der Waals surface area contributed by atoms with Crippen molar-refractivity contribution in [1.29, 1.82) is 0 Å². The van der Waals surface area contributed by atoms with Gasteiger partial charge in [-0.15, -0.1) is 0 Å². The highest BCUT2D eigenvalue weighted by Gasteiger charge is 2.71. The fourth-order valence-electron chi connectivity index (χ4n) is 0.920. The number of halogens is 2. The van der Waals surface area contributed by atoms with Crippen molar-refractivity contribution in [3.8, 4) is 0 Å². The van der Waals surface area contributed by atoms with Crippen LogP contribution in [-0.2, 0) is 4.74 Å². The molecule has 0 aromatic heterocycles. The maximum absolute atomic E-state index is 9.31. The van der Waals surface area contributed by atoms with Gasteiger partial charge in [-0.2, -0.15) is 0 Å². The number of aliphatic hydroxyl groups is 1. The number of rotatable bonds is 0. The largest absolute Gasteiger partial charge is 0.359 e. The van der Waals surface area contributed by atoms with Gasteiger partial charge in [0, 0.05) is 0 Å². The van der Waals surface area contributed by atoms with Crippen LogP contribution in [0.4, 0.5) is 0 Å². The molecule has 54 valence electrons. The van der Waals surface area contributed by atoms with Gasteiger partial charge in [0.25, 0.3) is 0 Å². The van der Waals surface area contributed by atoms with E-state index < -0.39 is 10.8 Å². The van der Waals surface area contributed by atoms with Gasteiger partial charge in [0.1, 0.15) is 0 Å². The summed E-state index contributed by atoms with van der Waals surface area (Å²) in [5, 5.41) is 8.44. The summed E-state index contributed by atoms with van der Waals surface area (Å²) >= 11 is 11.3. The first kappa shape index (κ1) is 6.68. The van der Waals surface area contributed by atoms with E-state index in [-0.39, 0.29) is 0 Å². The summed E-state index contributed by atoms with van der Waals surface area (Å²) < 4.78 is 4.80. The maximum atomic E-state index is 9.31. The second kappa shape index (κ2) is 1.59. The van der Waals surface area contributed by atoms with Gasteiger partial charge in [0.2, 0.25) is 10.8 Å². The van der Waals surface area contributed by atoms with Gasteiger partial charge in [-0.25, -0.2) is 0 Å². The van der Waals surface area contributed by atoms with Crippen LogP contribution in [0.1, 0.15) is 0 Å². The van der Waals surface area contributed by atoms with E-state index in [1.165, 1.54) is 6.08 Å². The average molecular weight is 179 g/mol. The predicted molar refractivity (Wildman–Crippen MR) is 37.7 cm³/mol. The van der Waals surface area contributed by atoms with Crippen LogP contribution in [0, 0.1) is 0 Å². The highest BCUT2D eigenvalue weighted by Crippen LogP contribution is 2.58. The minimum Gasteiger partial charge on any atom is -0.359 e. The average Bonchev–Trinajstić information content (AvgIpc) is 2.38. The molecule has 1 saturated heterocycles. The Labute approximate surface area is 67.7 Å². The van der Waals surface area contributed by atoms with E-state index in [0.717, 1.165) is 0 Å². The van der Waals surface area contributed by atoms with Crippen molar-refractivity contribution in [2.75, 3.05) is 0 Å². The molecule has 2 unspecified atom stereocenters. The van der Waals surface area contributed by atoms with E-state index >= 15 is 0 Å². The van der Waals surface area contributed by atoms with Crippen molar-refractivity contribution in [1.82, 2.24) is 0 Å².